The number of carboxylic acids is 1. The maximum atomic E-state index is 10.7. The number of rotatable bonds is 3. The van der Waals surface area contributed by atoms with Crippen LogP contribution in [0.4, 0.5) is 0 Å². The first-order valence-corrected chi connectivity index (χ1v) is 6.88. The number of aliphatic carboxylic acids is 1. The average molecular weight is 301 g/mol. The van der Waals surface area contributed by atoms with Crippen molar-refractivity contribution in [2.24, 2.45) is 0 Å². The number of hydrogen-bond acceptors (Lipinski definition) is 2. The first kappa shape index (κ1) is 14.7. The summed E-state index contributed by atoms with van der Waals surface area (Å²) in [6.07, 6.45) is 0. The minimum atomic E-state index is -0.965. The van der Waals surface area contributed by atoms with Crippen LogP contribution in [0.1, 0.15) is 6.92 Å². The predicted molar refractivity (Wildman–Crippen MR) is 63.8 cm³/mol. The van der Waals surface area contributed by atoms with Crippen LogP contribution in [-0.2, 0) is 4.79 Å². The maximum Gasteiger partial charge on any atom is 1.00 e. The molecular formula is C13H11NaO2Se. The molecule has 0 aliphatic rings. The van der Waals surface area contributed by atoms with Gasteiger partial charge in [0.25, 0.3) is 0 Å². The Bertz CT molecular complexity index is 528. The molecule has 82 valence electrons. The number of carboxylic acid groups (broad SMARTS) is 1. The summed E-state index contributed by atoms with van der Waals surface area (Å²) in [6, 6.07) is 14.2. The van der Waals surface area contributed by atoms with Crippen LogP contribution in [-0.4, -0.2) is 20.9 Å². The molecule has 2 aromatic rings. The second-order valence-electron chi connectivity index (χ2n) is 3.59. The minimum Gasteiger partial charge on any atom is 1.00 e. The standard InChI is InChI=1S/C13H12O2Se.Na/c1-9(13(14)15)16-12-7-6-10-4-2-3-5-11(10)8-12;/h2-9H,1H3,(H,14,15);/q;+1/p-1/t9-;/m1./s1. The number of carbonyl (C=O) groups excluding carboxylic acids is 1. The number of benzene rings is 2. The van der Waals surface area contributed by atoms with Crippen molar-refractivity contribution in [3.8, 4) is 0 Å². The molecule has 0 saturated heterocycles. The van der Waals surface area contributed by atoms with Crippen LogP contribution in [0.5, 0.6) is 0 Å². The Balaban J connectivity index is 0.00000144. The van der Waals surface area contributed by atoms with E-state index in [1.807, 2.05) is 36.4 Å². The van der Waals surface area contributed by atoms with Gasteiger partial charge in [-0.25, -0.2) is 0 Å². The normalized spacial score (nSPS) is 11.8. The Hall–Kier alpha value is -0.311. The molecule has 0 aromatic heterocycles. The summed E-state index contributed by atoms with van der Waals surface area (Å²) in [4.78, 5) is 10.3. The van der Waals surface area contributed by atoms with Crippen molar-refractivity contribution in [2.45, 2.75) is 11.7 Å². The van der Waals surface area contributed by atoms with Crippen molar-refractivity contribution in [1.29, 1.82) is 0 Å². The van der Waals surface area contributed by atoms with E-state index in [0.717, 1.165) is 9.85 Å². The van der Waals surface area contributed by atoms with Crippen LogP contribution >= 0.6 is 0 Å². The van der Waals surface area contributed by atoms with Gasteiger partial charge in [0.1, 0.15) is 0 Å². The monoisotopic (exact) mass is 302 g/mol. The molecule has 0 heterocycles. The van der Waals surface area contributed by atoms with E-state index in [1.54, 1.807) is 6.92 Å². The molecule has 0 aliphatic carbocycles. The molecule has 2 rings (SSSR count). The molecule has 17 heavy (non-hydrogen) atoms. The molecule has 4 heteroatoms. The summed E-state index contributed by atoms with van der Waals surface area (Å²) in [7, 11) is 0. The molecule has 1 atom stereocenters. The largest absolute Gasteiger partial charge is 1.00 e. The number of fused-ring (bicyclic) bond motifs is 1. The quantitative estimate of drug-likeness (QED) is 0.600. The maximum absolute atomic E-state index is 10.7. The van der Waals surface area contributed by atoms with Crippen LogP contribution in [0.15, 0.2) is 42.5 Å². The van der Waals surface area contributed by atoms with Gasteiger partial charge < -0.3 is 0 Å². The van der Waals surface area contributed by atoms with Crippen molar-refractivity contribution >= 4 is 36.2 Å². The molecule has 2 nitrogen and oxygen atoms in total. The van der Waals surface area contributed by atoms with Gasteiger partial charge >= 0.3 is 130 Å². The van der Waals surface area contributed by atoms with E-state index in [-0.39, 0.29) is 49.3 Å². The summed E-state index contributed by atoms with van der Waals surface area (Å²) in [5, 5.41) is 13.0. The molecule has 0 amide bonds. The Morgan fingerprint density at radius 3 is 2.47 bits per heavy atom. The van der Waals surface area contributed by atoms with E-state index in [9.17, 15) is 9.90 Å². The van der Waals surface area contributed by atoms with Crippen LogP contribution in [0.25, 0.3) is 10.8 Å². The molecule has 0 N–H and O–H groups in total. The van der Waals surface area contributed by atoms with E-state index in [2.05, 4.69) is 6.07 Å². The Kier molecular flexibility index (Phi) is 5.71. The van der Waals surface area contributed by atoms with Gasteiger partial charge in [0, 0.05) is 0 Å². The second-order valence-corrected chi connectivity index (χ2v) is 6.56. The van der Waals surface area contributed by atoms with E-state index in [1.165, 1.54) is 5.39 Å². The van der Waals surface area contributed by atoms with Gasteiger partial charge in [-0.1, -0.05) is 0 Å². The number of hydrogen-bond donors (Lipinski definition) is 0. The summed E-state index contributed by atoms with van der Waals surface area (Å²) < 4.78 is 1.10. The summed E-state index contributed by atoms with van der Waals surface area (Å²) >= 11 is -0.0666. The van der Waals surface area contributed by atoms with E-state index in [0.29, 0.717) is 0 Å². The molecule has 0 fully saturated rings. The predicted octanol–water partition coefficient (Wildman–Crippen LogP) is -2.27. The molecular weight excluding hydrogens is 290 g/mol. The van der Waals surface area contributed by atoms with Gasteiger partial charge in [-0.3, -0.25) is 0 Å². The zero-order chi connectivity index (χ0) is 11.5. The zero-order valence-electron chi connectivity index (χ0n) is 9.84. The van der Waals surface area contributed by atoms with Crippen LogP contribution in [0.3, 0.4) is 0 Å². The van der Waals surface area contributed by atoms with E-state index >= 15 is 0 Å². The first-order valence-electron chi connectivity index (χ1n) is 5.03. The second kappa shape index (κ2) is 6.58. The van der Waals surface area contributed by atoms with Gasteiger partial charge in [0.2, 0.25) is 0 Å². The van der Waals surface area contributed by atoms with Gasteiger partial charge in [-0.2, -0.15) is 0 Å². The fraction of sp³-hybridized carbons (Fsp3) is 0.154. The summed E-state index contributed by atoms with van der Waals surface area (Å²) in [6.45, 7) is 1.70. The Labute approximate surface area is 129 Å². The van der Waals surface area contributed by atoms with E-state index < -0.39 is 5.97 Å². The zero-order valence-corrected chi connectivity index (χ0v) is 13.6. The van der Waals surface area contributed by atoms with Crippen LogP contribution in [0, 0.1) is 0 Å². The molecule has 0 aliphatic heterocycles. The van der Waals surface area contributed by atoms with Gasteiger partial charge in [-0.15, -0.1) is 0 Å². The fourth-order valence-electron chi connectivity index (χ4n) is 1.49. The third-order valence-electron chi connectivity index (χ3n) is 2.37. The third-order valence-corrected chi connectivity index (χ3v) is 4.62. The topological polar surface area (TPSA) is 40.1 Å². The minimum absolute atomic E-state index is 0. The average Bonchev–Trinajstić information content (AvgIpc) is 2.28. The van der Waals surface area contributed by atoms with Crippen LogP contribution < -0.4 is 39.1 Å². The van der Waals surface area contributed by atoms with Crippen molar-refractivity contribution in [1.82, 2.24) is 0 Å². The Morgan fingerprint density at radius 2 is 1.82 bits per heavy atom. The third kappa shape index (κ3) is 3.83. The molecule has 0 saturated carbocycles. The number of carbonyl (C=O) groups is 1. The van der Waals surface area contributed by atoms with Crippen molar-refractivity contribution < 1.29 is 39.5 Å². The molecule has 2 aromatic carbocycles. The summed E-state index contributed by atoms with van der Waals surface area (Å²) in [5.41, 5.74) is 0. The summed E-state index contributed by atoms with van der Waals surface area (Å²) in [5.74, 6) is -0.965. The fourth-order valence-corrected chi connectivity index (χ4v) is 3.27. The van der Waals surface area contributed by atoms with Gasteiger partial charge in [0.15, 0.2) is 0 Å². The van der Waals surface area contributed by atoms with Crippen molar-refractivity contribution in [3.63, 3.8) is 0 Å². The van der Waals surface area contributed by atoms with Crippen LogP contribution in [0.2, 0.25) is 4.82 Å². The smallest absolute Gasteiger partial charge is 1.00 e. The van der Waals surface area contributed by atoms with Crippen molar-refractivity contribution in [2.75, 3.05) is 0 Å². The molecule has 0 unspecified atom stereocenters. The van der Waals surface area contributed by atoms with Crippen molar-refractivity contribution in [3.05, 3.63) is 42.5 Å². The molecule has 0 spiro atoms. The molecule has 0 bridgehead atoms. The Morgan fingerprint density at radius 1 is 1.18 bits per heavy atom. The van der Waals surface area contributed by atoms with E-state index in [4.69, 9.17) is 0 Å². The SMILES string of the molecule is C[C@@H]([Se]c1ccc2ccccc2c1)C(=O)[O-].[Na+]. The molecule has 0 radical (unpaired) electrons. The first-order chi connectivity index (χ1) is 7.66. The van der Waals surface area contributed by atoms with Gasteiger partial charge in [0.05, 0.1) is 0 Å². The van der Waals surface area contributed by atoms with Gasteiger partial charge in [-0.05, 0) is 0 Å².